The van der Waals surface area contributed by atoms with E-state index in [2.05, 4.69) is 5.10 Å². The van der Waals surface area contributed by atoms with Gasteiger partial charge in [0.15, 0.2) is 5.78 Å². The normalized spacial score (nSPS) is 11.0. The molecule has 0 aliphatic carbocycles. The van der Waals surface area contributed by atoms with E-state index in [1.165, 1.54) is 24.4 Å². The highest BCUT2D eigenvalue weighted by molar-refractivity contribution is 6.07. The number of aromatic nitrogens is 2. The topological polar surface area (TPSA) is 44.1 Å². The van der Waals surface area contributed by atoms with Crippen LogP contribution in [0.3, 0.4) is 0 Å². The number of ether oxygens (including phenoxy) is 1. The minimum atomic E-state index is -0.312. The summed E-state index contributed by atoms with van der Waals surface area (Å²) in [5.41, 5.74) is 2.83. The molecule has 0 radical (unpaired) electrons. The molecule has 0 unspecified atom stereocenters. The summed E-state index contributed by atoms with van der Waals surface area (Å²) in [6, 6.07) is 13.5. The van der Waals surface area contributed by atoms with Crippen LogP contribution in [-0.2, 0) is 0 Å². The highest BCUT2D eigenvalue weighted by atomic mass is 19.1. The monoisotopic (exact) mass is 350 g/mol. The van der Waals surface area contributed by atoms with Gasteiger partial charge in [0.1, 0.15) is 11.6 Å². The number of hydrogen-bond acceptors (Lipinski definition) is 3. The molecule has 5 heteroatoms. The first kappa shape index (κ1) is 17.6. The maximum Gasteiger partial charge on any atom is 0.189 e. The summed E-state index contributed by atoms with van der Waals surface area (Å²) in [6.45, 7) is 4.36. The van der Waals surface area contributed by atoms with Crippen LogP contribution >= 0.6 is 0 Å². The summed E-state index contributed by atoms with van der Waals surface area (Å²) in [5, 5.41) is 4.25. The molecule has 0 bridgehead atoms. The van der Waals surface area contributed by atoms with Gasteiger partial charge in [0.05, 0.1) is 29.7 Å². The van der Waals surface area contributed by atoms with Crippen molar-refractivity contribution in [1.29, 1.82) is 0 Å². The average Bonchev–Trinajstić information content (AvgIpc) is 3.03. The number of carbonyl (C=O) groups is 1. The number of halogens is 1. The van der Waals surface area contributed by atoms with Crippen LogP contribution in [-0.4, -0.2) is 22.2 Å². The molecule has 132 valence electrons. The Morgan fingerprint density at radius 1 is 1.15 bits per heavy atom. The lowest BCUT2D eigenvalue weighted by molar-refractivity contribution is 0.104. The molecule has 0 amide bonds. The van der Waals surface area contributed by atoms with Crippen molar-refractivity contribution >= 4 is 11.9 Å². The van der Waals surface area contributed by atoms with Crippen LogP contribution in [0.2, 0.25) is 0 Å². The van der Waals surface area contributed by atoms with E-state index in [9.17, 15) is 9.18 Å². The number of hydrogen-bond donors (Lipinski definition) is 0. The van der Waals surface area contributed by atoms with Crippen LogP contribution in [0.15, 0.2) is 60.8 Å². The standard InChI is InChI=1S/C21H19FN2O2/c1-3-26-19-11-4-16(5-12-19)6-13-21(25)20-14-23-24(15(20)2)18-9-7-17(22)8-10-18/h4-14H,3H2,1-2H3/b13-6+. The van der Waals surface area contributed by atoms with Gasteiger partial charge in [-0.1, -0.05) is 18.2 Å². The highest BCUT2D eigenvalue weighted by Gasteiger charge is 2.13. The predicted octanol–water partition coefficient (Wildman–Crippen LogP) is 4.61. The fraction of sp³-hybridized carbons (Fsp3) is 0.143. The van der Waals surface area contributed by atoms with E-state index < -0.39 is 0 Å². The van der Waals surface area contributed by atoms with Gasteiger partial charge in [-0.05, 0) is 61.9 Å². The van der Waals surface area contributed by atoms with Gasteiger partial charge in [-0.3, -0.25) is 4.79 Å². The largest absolute Gasteiger partial charge is 0.494 e. The summed E-state index contributed by atoms with van der Waals surface area (Å²) in [7, 11) is 0. The number of benzene rings is 2. The summed E-state index contributed by atoms with van der Waals surface area (Å²) in [4.78, 5) is 12.5. The van der Waals surface area contributed by atoms with Crippen molar-refractivity contribution in [2.24, 2.45) is 0 Å². The van der Waals surface area contributed by atoms with Gasteiger partial charge in [0, 0.05) is 0 Å². The Balaban J connectivity index is 1.77. The van der Waals surface area contributed by atoms with Gasteiger partial charge in [-0.2, -0.15) is 5.10 Å². The van der Waals surface area contributed by atoms with E-state index in [0.29, 0.717) is 23.6 Å². The molecule has 0 atom stereocenters. The molecular formula is C21H19FN2O2. The first-order valence-corrected chi connectivity index (χ1v) is 8.34. The SMILES string of the molecule is CCOc1ccc(/C=C/C(=O)c2cnn(-c3ccc(F)cc3)c2C)cc1. The lowest BCUT2D eigenvalue weighted by Crippen LogP contribution is -2.01. The second-order valence-corrected chi connectivity index (χ2v) is 5.73. The first-order chi connectivity index (χ1) is 12.6. The molecule has 0 saturated carbocycles. The second-order valence-electron chi connectivity index (χ2n) is 5.73. The van der Waals surface area contributed by atoms with Crippen molar-refractivity contribution in [2.45, 2.75) is 13.8 Å². The third kappa shape index (κ3) is 3.88. The van der Waals surface area contributed by atoms with E-state index in [4.69, 9.17) is 4.74 Å². The highest BCUT2D eigenvalue weighted by Crippen LogP contribution is 2.17. The Morgan fingerprint density at radius 3 is 2.50 bits per heavy atom. The molecular weight excluding hydrogens is 331 g/mol. The van der Waals surface area contributed by atoms with Crippen molar-refractivity contribution in [1.82, 2.24) is 9.78 Å². The number of carbonyl (C=O) groups excluding carboxylic acids is 1. The molecule has 1 aromatic heterocycles. The summed E-state index contributed by atoms with van der Waals surface area (Å²) < 4.78 is 20.1. The van der Waals surface area contributed by atoms with E-state index in [1.807, 2.05) is 38.1 Å². The van der Waals surface area contributed by atoms with Crippen molar-refractivity contribution in [3.8, 4) is 11.4 Å². The molecule has 3 rings (SSSR count). The summed E-state index contributed by atoms with van der Waals surface area (Å²) >= 11 is 0. The van der Waals surface area contributed by atoms with Gasteiger partial charge in [0.2, 0.25) is 0 Å². The number of ketones is 1. The molecule has 0 fully saturated rings. The zero-order valence-electron chi connectivity index (χ0n) is 14.6. The van der Waals surface area contributed by atoms with Crippen molar-refractivity contribution in [3.05, 3.63) is 83.4 Å². The van der Waals surface area contributed by atoms with Crippen molar-refractivity contribution < 1.29 is 13.9 Å². The molecule has 0 saturated heterocycles. The summed E-state index contributed by atoms with van der Waals surface area (Å²) in [6.07, 6.45) is 4.81. The van der Waals surface area contributed by atoms with Crippen LogP contribution in [0.1, 0.15) is 28.5 Å². The van der Waals surface area contributed by atoms with Crippen LogP contribution < -0.4 is 4.74 Å². The molecule has 26 heavy (non-hydrogen) atoms. The third-order valence-electron chi connectivity index (χ3n) is 3.96. The average molecular weight is 350 g/mol. The van der Waals surface area contributed by atoms with Crippen molar-refractivity contribution in [2.75, 3.05) is 6.61 Å². The van der Waals surface area contributed by atoms with Crippen LogP contribution in [0.4, 0.5) is 4.39 Å². The van der Waals surface area contributed by atoms with Crippen LogP contribution in [0.5, 0.6) is 5.75 Å². The van der Waals surface area contributed by atoms with Crippen LogP contribution in [0.25, 0.3) is 11.8 Å². The molecule has 0 N–H and O–H groups in total. The lowest BCUT2D eigenvalue weighted by Gasteiger charge is -2.04. The zero-order chi connectivity index (χ0) is 18.5. The van der Waals surface area contributed by atoms with Gasteiger partial charge in [0.25, 0.3) is 0 Å². The van der Waals surface area contributed by atoms with Gasteiger partial charge >= 0.3 is 0 Å². The Hall–Kier alpha value is -3.21. The Labute approximate surface area is 151 Å². The van der Waals surface area contributed by atoms with E-state index in [1.54, 1.807) is 22.9 Å². The fourth-order valence-corrected chi connectivity index (χ4v) is 2.60. The smallest absolute Gasteiger partial charge is 0.189 e. The van der Waals surface area contributed by atoms with E-state index in [0.717, 1.165) is 11.3 Å². The second kappa shape index (κ2) is 7.78. The lowest BCUT2D eigenvalue weighted by atomic mass is 10.1. The minimum absolute atomic E-state index is 0.134. The molecule has 2 aromatic carbocycles. The zero-order valence-corrected chi connectivity index (χ0v) is 14.6. The first-order valence-electron chi connectivity index (χ1n) is 8.34. The van der Waals surface area contributed by atoms with Gasteiger partial charge in [-0.25, -0.2) is 9.07 Å². The van der Waals surface area contributed by atoms with E-state index >= 15 is 0 Å². The number of nitrogens with zero attached hydrogens (tertiary/aromatic N) is 2. The molecule has 0 aliphatic heterocycles. The Morgan fingerprint density at radius 2 is 1.85 bits per heavy atom. The quantitative estimate of drug-likeness (QED) is 0.481. The van der Waals surface area contributed by atoms with E-state index in [-0.39, 0.29) is 11.6 Å². The molecule has 1 heterocycles. The summed E-state index contributed by atoms with van der Waals surface area (Å²) in [5.74, 6) is 0.352. The molecule has 0 aliphatic rings. The third-order valence-corrected chi connectivity index (χ3v) is 3.96. The molecule has 0 spiro atoms. The Bertz CT molecular complexity index is 926. The maximum atomic E-state index is 13.1. The fourth-order valence-electron chi connectivity index (χ4n) is 2.60. The molecule has 3 aromatic rings. The number of rotatable bonds is 6. The van der Waals surface area contributed by atoms with Crippen LogP contribution in [0, 0.1) is 12.7 Å². The van der Waals surface area contributed by atoms with Gasteiger partial charge in [-0.15, -0.1) is 0 Å². The molecule has 4 nitrogen and oxygen atoms in total. The predicted molar refractivity (Wildman–Crippen MR) is 99.2 cm³/mol. The Kier molecular flexibility index (Phi) is 5.27. The van der Waals surface area contributed by atoms with Gasteiger partial charge < -0.3 is 4.74 Å². The minimum Gasteiger partial charge on any atom is -0.494 e. The van der Waals surface area contributed by atoms with Crippen molar-refractivity contribution in [3.63, 3.8) is 0 Å². The number of allylic oxidation sites excluding steroid dienone is 1. The maximum absolute atomic E-state index is 13.1.